The van der Waals surface area contributed by atoms with Crippen molar-refractivity contribution >= 4 is 29.2 Å². The van der Waals surface area contributed by atoms with Gasteiger partial charge in [0.2, 0.25) is 11.1 Å². The SMILES string of the molecule is CNc1nc(OC)nc(Sc2ncns2)n1. The fourth-order valence-electron chi connectivity index (χ4n) is 0.873. The molecule has 0 amide bonds. The first-order valence-electron chi connectivity index (χ1n) is 4.24. The molecule has 0 aliphatic carbocycles. The van der Waals surface area contributed by atoms with Crippen LogP contribution in [0, 0.1) is 0 Å². The normalized spacial score (nSPS) is 10.1. The summed E-state index contributed by atoms with van der Waals surface area (Å²) in [6, 6.07) is 0.270. The summed E-state index contributed by atoms with van der Waals surface area (Å²) in [4.78, 5) is 16.3. The summed E-state index contributed by atoms with van der Waals surface area (Å²) in [6.45, 7) is 0. The maximum atomic E-state index is 4.97. The van der Waals surface area contributed by atoms with Crippen molar-refractivity contribution in [3.05, 3.63) is 6.33 Å². The van der Waals surface area contributed by atoms with Gasteiger partial charge >= 0.3 is 6.01 Å². The summed E-state index contributed by atoms with van der Waals surface area (Å²) < 4.78 is 9.64. The lowest BCUT2D eigenvalue weighted by molar-refractivity contribution is 0.374. The van der Waals surface area contributed by atoms with Crippen molar-refractivity contribution in [3.8, 4) is 6.01 Å². The summed E-state index contributed by atoms with van der Waals surface area (Å²) >= 11 is 2.60. The molecule has 0 bridgehead atoms. The Balaban J connectivity index is 2.26. The van der Waals surface area contributed by atoms with Gasteiger partial charge in [-0.3, -0.25) is 0 Å². The quantitative estimate of drug-likeness (QED) is 0.864. The molecular weight excluding hydrogens is 248 g/mol. The van der Waals surface area contributed by atoms with Gasteiger partial charge in [-0.1, -0.05) is 0 Å². The standard InChI is InChI=1S/C7H8N6OS2/c1-8-4-11-5(14-2)13-6(12-4)15-7-9-3-10-16-7/h3H,1-2H3,(H,8,11,12,13). The van der Waals surface area contributed by atoms with Crippen molar-refractivity contribution in [1.29, 1.82) is 0 Å². The first kappa shape index (κ1) is 11.0. The van der Waals surface area contributed by atoms with Gasteiger partial charge in [0.05, 0.1) is 7.11 Å². The Morgan fingerprint density at radius 2 is 2.25 bits per heavy atom. The largest absolute Gasteiger partial charge is 0.467 e. The maximum absolute atomic E-state index is 4.97. The number of hydrogen-bond acceptors (Lipinski definition) is 9. The molecule has 0 aliphatic rings. The zero-order valence-electron chi connectivity index (χ0n) is 8.54. The molecule has 0 aliphatic heterocycles. The van der Waals surface area contributed by atoms with Crippen LogP contribution >= 0.6 is 23.3 Å². The highest BCUT2D eigenvalue weighted by Crippen LogP contribution is 2.26. The number of methoxy groups -OCH3 is 1. The molecule has 16 heavy (non-hydrogen) atoms. The predicted molar refractivity (Wildman–Crippen MR) is 60.0 cm³/mol. The molecule has 2 heterocycles. The Labute approximate surface area is 99.9 Å². The first-order valence-corrected chi connectivity index (χ1v) is 5.83. The minimum absolute atomic E-state index is 0.270. The van der Waals surface area contributed by atoms with Crippen LogP contribution in [0.1, 0.15) is 0 Å². The van der Waals surface area contributed by atoms with Crippen LogP contribution in [0.25, 0.3) is 0 Å². The molecule has 7 nitrogen and oxygen atoms in total. The van der Waals surface area contributed by atoms with E-state index in [1.165, 1.54) is 36.7 Å². The van der Waals surface area contributed by atoms with Gasteiger partial charge in [0.1, 0.15) is 6.33 Å². The van der Waals surface area contributed by atoms with Crippen LogP contribution in [0.4, 0.5) is 5.95 Å². The fraction of sp³-hybridized carbons (Fsp3) is 0.286. The van der Waals surface area contributed by atoms with Crippen LogP contribution in [0.15, 0.2) is 15.8 Å². The van der Waals surface area contributed by atoms with Crippen LogP contribution < -0.4 is 10.1 Å². The van der Waals surface area contributed by atoms with Crippen molar-refractivity contribution in [3.63, 3.8) is 0 Å². The predicted octanol–water partition coefficient (Wildman–Crippen LogP) is 0.925. The Bertz CT molecular complexity index is 440. The average molecular weight is 256 g/mol. The molecule has 9 heteroatoms. The molecule has 0 atom stereocenters. The second-order valence-corrected chi connectivity index (χ2v) is 4.48. The van der Waals surface area contributed by atoms with Gasteiger partial charge in [-0.25, -0.2) is 4.98 Å². The molecule has 0 saturated heterocycles. The molecule has 0 saturated carbocycles. The summed E-state index contributed by atoms with van der Waals surface area (Å²) in [5, 5.41) is 3.35. The summed E-state index contributed by atoms with van der Waals surface area (Å²) in [6.07, 6.45) is 1.49. The monoisotopic (exact) mass is 256 g/mol. The average Bonchev–Trinajstić information content (AvgIpc) is 2.81. The number of nitrogens with one attached hydrogen (secondary N) is 1. The lowest BCUT2D eigenvalue weighted by Gasteiger charge is -2.03. The summed E-state index contributed by atoms with van der Waals surface area (Å²) in [7, 11) is 3.24. The Hall–Kier alpha value is -1.48. The highest BCUT2D eigenvalue weighted by Gasteiger charge is 2.09. The maximum Gasteiger partial charge on any atom is 0.321 e. The lowest BCUT2D eigenvalue weighted by Crippen LogP contribution is -2.02. The van der Waals surface area contributed by atoms with Gasteiger partial charge in [-0.05, 0) is 23.3 Å². The fourth-order valence-corrected chi connectivity index (χ4v) is 2.17. The topological polar surface area (TPSA) is 85.7 Å². The molecule has 2 aromatic heterocycles. The smallest absolute Gasteiger partial charge is 0.321 e. The summed E-state index contributed by atoms with van der Waals surface area (Å²) in [5.74, 6) is 0.457. The van der Waals surface area contributed by atoms with E-state index in [1.54, 1.807) is 7.05 Å². The van der Waals surface area contributed by atoms with Crippen molar-refractivity contribution < 1.29 is 4.74 Å². The minimum Gasteiger partial charge on any atom is -0.467 e. The third-order valence-corrected chi connectivity index (χ3v) is 3.10. The van der Waals surface area contributed by atoms with E-state index in [0.717, 1.165) is 4.34 Å². The van der Waals surface area contributed by atoms with Gasteiger partial charge in [0, 0.05) is 7.05 Å². The third kappa shape index (κ3) is 2.55. The molecule has 2 aromatic rings. The molecule has 0 radical (unpaired) electrons. The molecule has 2 rings (SSSR count). The Morgan fingerprint density at radius 1 is 1.38 bits per heavy atom. The van der Waals surface area contributed by atoms with Gasteiger partial charge < -0.3 is 10.1 Å². The van der Waals surface area contributed by atoms with E-state index in [-0.39, 0.29) is 6.01 Å². The second kappa shape index (κ2) is 5.03. The number of rotatable bonds is 4. The van der Waals surface area contributed by atoms with Gasteiger partial charge in [0.25, 0.3) is 0 Å². The van der Waals surface area contributed by atoms with Crippen molar-refractivity contribution in [2.75, 3.05) is 19.5 Å². The van der Waals surface area contributed by atoms with E-state index < -0.39 is 0 Å². The molecule has 0 spiro atoms. The van der Waals surface area contributed by atoms with E-state index in [9.17, 15) is 0 Å². The Morgan fingerprint density at radius 3 is 2.88 bits per heavy atom. The van der Waals surface area contributed by atoms with E-state index in [1.807, 2.05) is 0 Å². The Kier molecular flexibility index (Phi) is 3.47. The highest BCUT2D eigenvalue weighted by molar-refractivity contribution is 8.00. The zero-order chi connectivity index (χ0) is 11.4. The molecule has 0 fully saturated rings. The van der Waals surface area contributed by atoms with Crippen LogP contribution in [-0.2, 0) is 0 Å². The summed E-state index contributed by atoms with van der Waals surface area (Å²) in [5.41, 5.74) is 0. The van der Waals surface area contributed by atoms with Crippen molar-refractivity contribution in [1.82, 2.24) is 24.3 Å². The van der Waals surface area contributed by atoms with E-state index in [4.69, 9.17) is 4.74 Å². The van der Waals surface area contributed by atoms with Crippen molar-refractivity contribution in [2.24, 2.45) is 0 Å². The highest BCUT2D eigenvalue weighted by atomic mass is 32.2. The number of nitrogens with zero attached hydrogens (tertiary/aromatic N) is 5. The van der Waals surface area contributed by atoms with Crippen LogP contribution in [0.5, 0.6) is 6.01 Å². The van der Waals surface area contributed by atoms with Crippen LogP contribution in [-0.4, -0.2) is 38.5 Å². The molecular formula is C7H8N6OS2. The van der Waals surface area contributed by atoms with Crippen LogP contribution in [0.2, 0.25) is 0 Å². The molecule has 1 N–H and O–H groups in total. The number of ether oxygens (including phenoxy) is 1. The van der Waals surface area contributed by atoms with Crippen LogP contribution in [0.3, 0.4) is 0 Å². The van der Waals surface area contributed by atoms with Gasteiger partial charge in [0.15, 0.2) is 4.34 Å². The van der Waals surface area contributed by atoms with E-state index in [0.29, 0.717) is 11.1 Å². The zero-order valence-corrected chi connectivity index (χ0v) is 10.2. The molecule has 84 valence electrons. The van der Waals surface area contributed by atoms with E-state index in [2.05, 4.69) is 29.6 Å². The van der Waals surface area contributed by atoms with E-state index >= 15 is 0 Å². The van der Waals surface area contributed by atoms with Crippen molar-refractivity contribution in [2.45, 2.75) is 9.50 Å². The lowest BCUT2D eigenvalue weighted by atomic mass is 10.9. The number of aromatic nitrogens is 5. The minimum atomic E-state index is 0.270. The molecule has 0 aromatic carbocycles. The first-order chi connectivity index (χ1) is 7.81. The van der Waals surface area contributed by atoms with Gasteiger partial charge in [-0.2, -0.15) is 19.3 Å². The number of anilines is 1. The molecule has 0 unspecified atom stereocenters. The second-order valence-electron chi connectivity index (χ2n) is 2.49. The number of hydrogen-bond donors (Lipinski definition) is 1. The third-order valence-electron chi connectivity index (χ3n) is 1.52. The van der Waals surface area contributed by atoms with Gasteiger partial charge in [-0.15, -0.1) is 0 Å².